The Morgan fingerprint density at radius 1 is 0.882 bits per heavy atom. The molecule has 2 N–H and O–H groups in total. The van der Waals surface area contributed by atoms with Crippen LogP contribution in [-0.2, 0) is 6.42 Å². The minimum absolute atomic E-state index is 0.0675. The molecule has 172 valence electrons. The van der Waals surface area contributed by atoms with Crippen molar-refractivity contribution in [3.63, 3.8) is 0 Å². The molecule has 3 heteroatoms. The van der Waals surface area contributed by atoms with Crippen LogP contribution in [0.25, 0.3) is 32.9 Å². The summed E-state index contributed by atoms with van der Waals surface area (Å²) in [5, 5.41) is 23.8. The fourth-order valence-electron chi connectivity index (χ4n) is 7.94. The summed E-state index contributed by atoms with van der Waals surface area (Å²) in [5.41, 5.74) is 7.17. The van der Waals surface area contributed by atoms with Gasteiger partial charge in [0.15, 0.2) is 0 Å². The first-order valence-corrected chi connectivity index (χ1v) is 12.9. The van der Waals surface area contributed by atoms with Crippen LogP contribution in [0.1, 0.15) is 56.1 Å². The summed E-state index contributed by atoms with van der Waals surface area (Å²) < 4.78 is 0. The Morgan fingerprint density at radius 2 is 1.74 bits per heavy atom. The van der Waals surface area contributed by atoms with E-state index in [2.05, 4.69) is 49.4 Å². The predicted molar refractivity (Wildman–Crippen MR) is 137 cm³/mol. The summed E-state index contributed by atoms with van der Waals surface area (Å²) in [6, 6.07) is 20.9. The minimum Gasteiger partial charge on any atom is -0.508 e. The number of aromatic nitrogens is 1. The third-order valence-electron chi connectivity index (χ3n) is 9.61. The molecule has 1 aromatic heterocycles. The topological polar surface area (TPSA) is 53.4 Å². The number of nitrogens with zero attached hydrogens (tertiary/aromatic N) is 1. The first-order chi connectivity index (χ1) is 16.5. The number of fused-ring (bicyclic) bond motifs is 7. The molecule has 0 unspecified atom stereocenters. The van der Waals surface area contributed by atoms with Crippen LogP contribution in [-0.4, -0.2) is 21.3 Å². The zero-order valence-corrected chi connectivity index (χ0v) is 19.7. The van der Waals surface area contributed by atoms with Gasteiger partial charge in [0.25, 0.3) is 0 Å². The Morgan fingerprint density at radius 3 is 2.65 bits per heavy atom. The highest BCUT2D eigenvalue weighted by atomic mass is 16.3. The normalized spacial score (nSPS) is 30.2. The van der Waals surface area contributed by atoms with Crippen LogP contribution in [0.15, 0.2) is 60.7 Å². The van der Waals surface area contributed by atoms with E-state index in [4.69, 9.17) is 4.98 Å². The summed E-state index contributed by atoms with van der Waals surface area (Å²) in [6.45, 7) is 2.33. The maximum Gasteiger partial charge on any atom is 0.116 e. The van der Waals surface area contributed by atoms with Crippen LogP contribution < -0.4 is 0 Å². The van der Waals surface area contributed by atoms with Crippen molar-refractivity contribution in [2.75, 3.05) is 0 Å². The van der Waals surface area contributed by atoms with Gasteiger partial charge in [0.05, 0.1) is 17.1 Å². The van der Waals surface area contributed by atoms with E-state index in [1.807, 2.05) is 18.2 Å². The number of aliphatic hydroxyl groups is 1. The van der Waals surface area contributed by atoms with E-state index in [-0.39, 0.29) is 11.5 Å². The van der Waals surface area contributed by atoms with E-state index in [0.29, 0.717) is 23.5 Å². The largest absolute Gasteiger partial charge is 0.508 e. The number of rotatable bonds is 1. The first kappa shape index (κ1) is 20.5. The second kappa shape index (κ2) is 7.29. The van der Waals surface area contributed by atoms with Crippen molar-refractivity contribution in [2.24, 2.45) is 17.3 Å². The molecule has 0 aliphatic heterocycles. The molecule has 3 nitrogen and oxygen atoms in total. The highest BCUT2D eigenvalue weighted by Gasteiger charge is 2.54. The lowest BCUT2D eigenvalue weighted by atomic mass is 9.55. The predicted octanol–water partition coefficient (Wildman–Crippen LogP) is 6.98. The molecule has 0 bridgehead atoms. The van der Waals surface area contributed by atoms with Gasteiger partial charge in [-0.1, -0.05) is 37.3 Å². The van der Waals surface area contributed by atoms with E-state index >= 15 is 0 Å². The molecular weight excluding hydrogens is 418 g/mol. The number of hydrogen-bond donors (Lipinski definition) is 2. The zero-order valence-electron chi connectivity index (χ0n) is 19.7. The molecule has 2 saturated carbocycles. The fourth-order valence-corrected chi connectivity index (χ4v) is 7.94. The van der Waals surface area contributed by atoms with Gasteiger partial charge >= 0.3 is 0 Å². The lowest BCUT2D eigenvalue weighted by Gasteiger charge is -2.50. The second-order valence-corrected chi connectivity index (χ2v) is 11.2. The number of hydrogen-bond acceptors (Lipinski definition) is 3. The maximum absolute atomic E-state index is 10.8. The van der Waals surface area contributed by atoms with Gasteiger partial charge in [0, 0.05) is 10.8 Å². The number of aryl methyl sites for hydroxylation is 1. The Labute approximate surface area is 200 Å². The summed E-state index contributed by atoms with van der Waals surface area (Å²) in [5.74, 6) is 2.05. The average molecular weight is 450 g/mol. The molecule has 3 aliphatic rings. The number of para-hydroxylation sites is 1. The van der Waals surface area contributed by atoms with Gasteiger partial charge in [-0.2, -0.15) is 0 Å². The minimum atomic E-state index is -0.156. The number of aromatic hydroxyl groups is 1. The van der Waals surface area contributed by atoms with Gasteiger partial charge in [-0.25, -0.2) is 4.98 Å². The highest BCUT2D eigenvalue weighted by molar-refractivity contribution is 6.01. The molecule has 3 aliphatic carbocycles. The summed E-state index contributed by atoms with van der Waals surface area (Å²) in [6.07, 6.45) is 6.30. The molecule has 34 heavy (non-hydrogen) atoms. The average Bonchev–Trinajstić information content (AvgIpc) is 3.16. The van der Waals surface area contributed by atoms with E-state index < -0.39 is 0 Å². The SMILES string of the molecule is C[C@]12CC[C@@H]3c4c(cc(O)cc4-c4cccc5nc6ccccc6cc45)CC[C@H]3[C@@H]1CC[C@@H]2O. The molecule has 0 saturated heterocycles. The number of pyridine rings is 1. The molecule has 5 atom stereocenters. The van der Waals surface area contributed by atoms with Gasteiger partial charge in [-0.15, -0.1) is 0 Å². The summed E-state index contributed by atoms with van der Waals surface area (Å²) in [7, 11) is 0. The van der Waals surface area contributed by atoms with Gasteiger partial charge in [-0.05, 0) is 114 Å². The molecule has 0 spiro atoms. The van der Waals surface area contributed by atoms with Gasteiger partial charge in [0.2, 0.25) is 0 Å². The zero-order chi connectivity index (χ0) is 23.0. The number of aliphatic hydroxyl groups excluding tert-OH is 1. The molecule has 7 rings (SSSR count). The third-order valence-corrected chi connectivity index (χ3v) is 9.61. The van der Waals surface area contributed by atoms with Crippen LogP contribution in [0.4, 0.5) is 0 Å². The van der Waals surface area contributed by atoms with Gasteiger partial charge in [0.1, 0.15) is 5.75 Å². The van der Waals surface area contributed by atoms with Crippen molar-refractivity contribution >= 4 is 21.8 Å². The van der Waals surface area contributed by atoms with Crippen molar-refractivity contribution in [1.29, 1.82) is 0 Å². The van der Waals surface area contributed by atoms with Crippen molar-refractivity contribution in [3.8, 4) is 16.9 Å². The van der Waals surface area contributed by atoms with Crippen molar-refractivity contribution in [2.45, 2.75) is 57.5 Å². The van der Waals surface area contributed by atoms with Crippen LogP contribution in [0.2, 0.25) is 0 Å². The fraction of sp³-hybridized carbons (Fsp3) is 0.387. The highest BCUT2D eigenvalue weighted by Crippen LogP contribution is 2.62. The molecule has 2 fully saturated rings. The standard InChI is InChI=1S/C31H31NO2/c1-31-14-13-23-22(26(31)11-12-29(31)34)10-9-19-15-20(33)17-25(30(19)23)21-6-4-8-28-24(21)16-18-5-2-3-7-27(18)32-28/h2-8,15-17,22-23,26,29,33-34H,9-14H2,1H3/t22-,23+,26+,29+,31+/m1/s1. The van der Waals surface area contributed by atoms with Crippen LogP contribution in [0.5, 0.6) is 5.75 Å². The molecule has 1 heterocycles. The van der Waals surface area contributed by atoms with Crippen molar-refractivity contribution in [3.05, 3.63) is 71.8 Å². The maximum atomic E-state index is 10.8. The van der Waals surface area contributed by atoms with E-state index in [0.717, 1.165) is 60.3 Å². The van der Waals surface area contributed by atoms with E-state index in [9.17, 15) is 10.2 Å². The first-order valence-electron chi connectivity index (χ1n) is 12.9. The smallest absolute Gasteiger partial charge is 0.116 e. The lowest BCUT2D eigenvalue weighted by Crippen LogP contribution is -2.44. The van der Waals surface area contributed by atoms with Crippen LogP contribution >= 0.6 is 0 Å². The Balaban J connectivity index is 1.43. The Hall–Kier alpha value is -2.91. The third kappa shape index (κ3) is 2.83. The van der Waals surface area contributed by atoms with Crippen molar-refractivity contribution in [1.82, 2.24) is 4.98 Å². The second-order valence-electron chi connectivity index (χ2n) is 11.2. The summed E-state index contributed by atoms with van der Waals surface area (Å²) >= 11 is 0. The van der Waals surface area contributed by atoms with Gasteiger partial charge < -0.3 is 10.2 Å². The molecule has 0 radical (unpaired) electrons. The quantitative estimate of drug-likeness (QED) is 0.308. The lowest BCUT2D eigenvalue weighted by molar-refractivity contribution is -0.0225. The molecule has 3 aromatic carbocycles. The van der Waals surface area contributed by atoms with Crippen LogP contribution in [0, 0.1) is 17.3 Å². The van der Waals surface area contributed by atoms with Gasteiger partial charge in [-0.3, -0.25) is 0 Å². The van der Waals surface area contributed by atoms with E-state index in [1.165, 1.54) is 22.3 Å². The Kier molecular flexibility index (Phi) is 4.39. The van der Waals surface area contributed by atoms with E-state index in [1.54, 1.807) is 0 Å². The van der Waals surface area contributed by atoms with Crippen LogP contribution in [0.3, 0.4) is 0 Å². The number of phenols is 1. The molecule has 4 aromatic rings. The number of phenolic OH excluding ortho intramolecular Hbond substituents is 1. The molecular formula is C31H31NO2. The monoisotopic (exact) mass is 449 g/mol. The van der Waals surface area contributed by atoms with Crippen molar-refractivity contribution < 1.29 is 10.2 Å². The molecule has 0 amide bonds. The number of benzene rings is 3. The Bertz CT molecular complexity index is 1440. The summed E-state index contributed by atoms with van der Waals surface area (Å²) in [4.78, 5) is 4.95.